The van der Waals surface area contributed by atoms with Crippen molar-refractivity contribution in [2.24, 2.45) is 0 Å². The van der Waals surface area contributed by atoms with Crippen LogP contribution in [0.5, 0.6) is 0 Å². The molecular weight excluding hydrogens is 274 g/mol. The van der Waals surface area contributed by atoms with Crippen LogP contribution in [0.4, 0.5) is 5.69 Å². The predicted molar refractivity (Wildman–Crippen MR) is 83.1 cm³/mol. The SMILES string of the molecule is CN(CC1(N(C)C)CCC1)C(=O)c1cccc(Cl)c1N. The van der Waals surface area contributed by atoms with E-state index in [2.05, 4.69) is 19.0 Å². The number of anilines is 1. The molecule has 0 heterocycles. The summed E-state index contributed by atoms with van der Waals surface area (Å²) in [6.45, 7) is 0.713. The number of nitrogen functional groups attached to an aromatic ring is 1. The number of nitrogens with two attached hydrogens (primary N) is 1. The van der Waals surface area contributed by atoms with E-state index in [1.165, 1.54) is 6.42 Å². The summed E-state index contributed by atoms with van der Waals surface area (Å²) < 4.78 is 0. The van der Waals surface area contributed by atoms with Gasteiger partial charge in [0.1, 0.15) is 0 Å². The number of carbonyl (C=O) groups excluding carboxylic acids is 1. The molecule has 2 N–H and O–H groups in total. The molecule has 1 aromatic carbocycles. The topological polar surface area (TPSA) is 49.6 Å². The molecule has 1 amide bonds. The van der Waals surface area contributed by atoms with E-state index in [1.807, 2.05) is 7.05 Å². The van der Waals surface area contributed by atoms with Gasteiger partial charge < -0.3 is 15.5 Å². The minimum atomic E-state index is -0.0712. The van der Waals surface area contributed by atoms with Gasteiger partial charge in [-0.05, 0) is 45.5 Å². The highest BCUT2D eigenvalue weighted by Crippen LogP contribution is 2.37. The van der Waals surface area contributed by atoms with Crippen LogP contribution in [0.15, 0.2) is 18.2 Å². The van der Waals surface area contributed by atoms with Crippen LogP contribution in [0.1, 0.15) is 29.6 Å². The van der Waals surface area contributed by atoms with Gasteiger partial charge in [-0.2, -0.15) is 0 Å². The summed E-state index contributed by atoms with van der Waals surface area (Å²) in [6, 6.07) is 5.18. The average Bonchev–Trinajstić information content (AvgIpc) is 2.35. The van der Waals surface area contributed by atoms with Gasteiger partial charge in [0.05, 0.1) is 16.3 Å². The van der Waals surface area contributed by atoms with Crippen LogP contribution in [0, 0.1) is 0 Å². The van der Waals surface area contributed by atoms with E-state index in [9.17, 15) is 4.79 Å². The number of para-hydroxylation sites is 1. The Bertz CT molecular complexity index is 512. The predicted octanol–water partition coefficient (Wildman–Crippen LogP) is 2.48. The summed E-state index contributed by atoms with van der Waals surface area (Å²) in [5.74, 6) is -0.0712. The van der Waals surface area contributed by atoms with Crippen LogP contribution in [-0.2, 0) is 0 Å². The van der Waals surface area contributed by atoms with Gasteiger partial charge in [0.25, 0.3) is 5.91 Å². The van der Waals surface area contributed by atoms with Gasteiger partial charge in [-0.1, -0.05) is 17.7 Å². The second-order valence-electron chi connectivity index (χ2n) is 5.83. The van der Waals surface area contributed by atoms with E-state index in [1.54, 1.807) is 23.1 Å². The molecule has 0 unspecified atom stereocenters. The first-order valence-electron chi connectivity index (χ1n) is 6.84. The Balaban J connectivity index is 2.15. The molecule has 4 nitrogen and oxygen atoms in total. The number of halogens is 1. The maximum absolute atomic E-state index is 12.5. The first kappa shape index (κ1) is 15.1. The van der Waals surface area contributed by atoms with Gasteiger partial charge in [-0.25, -0.2) is 0 Å². The molecule has 0 saturated heterocycles. The van der Waals surface area contributed by atoms with Crippen molar-refractivity contribution >= 4 is 23.2 Å². The van der Waals surface area contributed by atoms with Crippen molar-refractivity contribution in [3.63, 3.8) is 0 Å². The quantitative estimate of drug-likeness (QED) is 0.868. The number of benzene rings is 1. The molecule has 1 aliphatic carbocycles. The molecule has 0 atom stereocenters. The third-order valence-electron chi connectivity index (χ3n) is 4.39. The number of carbonyl (C=O) groups is 1. The van der Waals surface area contributed by atoms with Crippen LogP contribution >= 0.6 is 11.6 Å². The van der Waals surface area contributed by atoms with Gasteiger partial charge in [-0.3, -0.25) is 4.79 Å². The molecular formula is C15H22ClN3O. The minimum absolute atomic E-state index is 0.0712. The van der Waals surface area contributed by atoms with Crippen LogP contribution in [0.25, 0.3) is 0 Å². The van der Waals surface area contributed by atoms with Crippen LogP contribution in [0.2, 0.25) is 5.02 Å². The van der Waals surface area contributed by atoms with Crippen molar-refractivity contribution in [3.05, 3.63) is 28.8 Å². The Morgan fingerprint density at radius 3 is 2.50 bits per heavy atom. The van der Waals surface area contributed by atoms with Crippen molar-refractivity contribution < 1.29 is 4.79 Å². The summed E-state index contributed by atoms with van der Waals surface area (Å²) >= 11 is 5.98. The number of hydrogen-bond acceptors (Lipinski definition) is 3. The van der Waals surface area contributed by atoms with Crippen molar-refractivity contribution in [2.45, 2.75) is 24.8 Å². The lowest BCUT2D eigenvalue weighted by Gasteiger charge is -2.49. The van der Waals surface area contributed by atoms with E-state index >= 15 is 0 Å². The summed E-state index contributed by atoms with van der Waals surface area (Å²) in [7, 11) is 5.97. The third kappa shape index (κ3) is 2.63. The molecule has 0 aliphatic heterocycles. The largest absolute Gasteiger partial charge is 0.397 e. The zero-order valence-electron chi connectivity index (χ0n) is 12.3. The second kappa shape index (κ2) is 5.62. The van der Waals surface area contributed by atoms with Gasteiger partial charge >= 0.3 is 0 Å². The van der Waals surface area contributed by atoms with Crippen molar-refractivity contribution in [3.8, 4) is 0 Å². The van der Waals surface area contributed by atoms with Crippen molar-refractivity contribution in [1.82, 2.24) is 9.80 Å². The fourth-order valence-corrected chi connectivity index (χ4v) is 2.95. The maximum Gasteiger partial charge on any atom is 0.255 e. The first-order chi connectivity index (χ1) is 9.37. The third-order valence-corrected chi connectivity index (χ3v) is 4.72. The lowest BCUT2D eigenvalue weighted by Crippen LogP contribution is -2.57. The van der Waals surface area contributed by atoms with Gasteiger partial charge in [0, 0.05) is 19.1 Å². The molecule has 2 rings (SSSR count). The number of rotatable bonds is 4. The summed E-state index contributed by atoms with van der Waals surface area (Å²) in [5.41, 5.74) is 6.85. The van der Waals surface area contributed by atoms with Gasteiger partial charge in [0.15, 0.2) is 0 Å². The fourth-order valence-electron chi connectivity index (χ4n) is 2.77. The molecule has 5 heteroatoms. The standard InChI is InChI=1S/C15H22ClN3O/c1-18(2)15(8-5-9-15)10-19(3)14(20)11-6-4-7-12(16)13(11)17/h4,6-7H,5,8-10,17H2,1-3H3. The van der Waals surface area contributed by atoms with E-state index in [4.69, 9.17) is 17.3 Å². The molecule has 1 aromatic rings. The lowest BCUT2D eigenvalue weighted by atomic mass is 9.75. The maximum atomic E-state index is 12.5. The molecule has 20 heavy (non-hydrogen) atoms. The van der Waals surface area contributed by atoms with E-state index in [0.29, 0.717) is 22.8 Å². The summed E-state index contributed by atoms with van der Waals surface area (Å²) in [6.07, 6.45) is 3.48. The Morgan fingerprint density at radius 2 is 2.00 bits per heavy atom. The zero-order chi connectivity index (χ0) is 14.9. The van der Waals surface area contributed by atoms with Crippen molar-refractivity contribution in [1.29, 1.82) is 0 Å². The lowest BCUT2D eigenvalue weighted by molar-refractivity contribution is 0.0253. The second-order valence-corrected chi connectivity index (χ2v) is 6.24. The zero-order valence-corrected chi connectivity index (χ0v) is 13.1. The van der Waals surface area contributed by atoms with Crippen LogP contribution in [0.3, 0.4) is 0 Å². The Morgan fingerprint density at radius 1 is 1.35 bits per heavy atom. The molecule has 1 fully saturated rings. The molecule has 0 bridgehead atoms. The number of amides is 1. The normalized spacial score (nSPS) is 16.9. The average molecular weight is 296 g/mol. The fraction of sp³-hybridized carbons (Fsp3) is 0.533. The van der Waals surface area contributed by atoms with Crippen LogP contribution < -0.4 is 5.73 Å². The van der Waals surface area contributed by atoms with E-state index in [0.717, 1.165) is 12.8 Å². The molecule has 0 aromatic heterocycles. The Labute approximate surface area is 125 Å². The smallest absolute Gasteiger partial charge is 0.255 e. The van der Waals surface area contributed by atoms with Gasteiger partial charge in [-0.15, -0.1) is 0 Å². The molecule has 110 valence electrons. The van der Waals surface area contributed by atoms with Crippen LogP contribution in [-0.4, -0.2) is 48.9 Å². The highest BCUT2D eigenvalue weighted by Gasteiger charge is 2.40. The number of nitrogens with zero attached hydrogens (tertiary/aromatic N) is 2. The Hall–Kier alpha value is -1.26. The number of hydrogen-bond donors (Lipinski definition) is 1. The summed E-state index contributed by atoms with van der Waals surface area (Å²) in [4.78, 5) is 16.5. The van der Waals surface area contributed by atoms with E-state index in [-0.39, 0.29) is 11.4 Å². The minimum Gasteiger partial charge on any atom is -0.397 e. The Kier molecular flexibility index (Phi) is 4.25. The summed E-state index contributed by atoms with van der Waals surface area (Å²) in [5, 5.41) is 0.426. The molecule has 0 spiro atoms. The molecule has 0 radical (unpaired) electrons. The molecule has 1 saturated carbocycles. The first-order valence-corrected chi connectivity index (χ1v) is 7.22. The van der Waals surface area contributed by atoms with E-state index < -0.39 is 0 Å². The van der Waals surface area contributed by atoms with Crippen molar-refractivity contribution in [2.75, 3.05) is 33.4 Å². The monoisotopic (exact) mass is 295 g/mol. The van der Waals surface area contributed by atoms with Gasteiger partial charge in [0.2, 0.25) is 0 Å². The highest BCUT2D eigenvalue weighted by atomic mass is 35.5. The highest BCUT2D eigenvalue weighted by molar-refractivity contribution is 6.33. The molecule has 1 aliphatic rings. The number of likely N-dealkylation sites (N-methyl/N-ethyl adjacent to an activating group) is 2.